The number of fused-ring (bicyclic) bond motifs is 1. The summed E-state index contributed by atoms with van der Waals surface area (Å²) < 4.78 is 5.86. The zero-order valence-corrected chi connectivity index (χ0v) is 11.7. The van der Waals surface area contributed by atoms with Gasteiger partial charge in [0.2, 0.25) is 0 Å². The largest absolute Gasteiger partial charge is 0.507 e. The maximum absolute atomic E-state index is 9.82. The lowest BCUT2D eigenvalue weighted by Crippen LogP contribution is -2.01. The molecule has 2 aromatic carbocycles. The Morgan fingerprint density at radius 3 is 2.58 bits per heavy atom. The molecule has 1 N–H and O–H groups in total. The highest BCUT2D eigenvalue weighted by molar-refractivity contribution is 5.92. The number of ether oxygens (including phenoxy) is 1. The van der Waals surface area contributed by atoms with E-state index >= 15 is 0 Å². The highest BCUT2D eigenvalue weighted by atomic mass is 16.5. The standard InChI is InChI=1S/C17H22O2/c1-3-13(2)7-6-12-19-17-11-10-16(18)14-8-4-5-9-15(14)17/h4-5,8-11,13,18H,3,6-7,12H2,1-2H3/t13-/m0/s1. The van der Waals surface area contributed by atoms with Crippen LogP contribution in [0.2, 0.25) is 0 Å². The van der Waals surface area contributed by atoms with E-state index in [1.807, 2.05) is 30.3 Å². The SMILES string of the molecule is CC[C@H](C)CCCOc1ccc(O)c2ccccc12. The van der Waals surface area contributed by atoms with Crippen LogP contribution in [0.3, 0.4) is 0 Å². The maximum atomic E-state index is 9.82. The molecule has 0 bridgehead atoms. The van der Waals surface area contributed by atoms with Gasteiger partial charge in [0.25, 0.3) is 0 Å². The molecule has 0 spiro atoms. The van der Waals surface area contributed by atoms with Gasteiger partial charge in [-0.15, -0.1) is 0 Å². The number of phenolic OH excluding ortho intramolecular Hbond substituents is 1. The van der Waals surface area contributed by atoms with E-state index in [9.17, 15) is 5.11 Å². The fourth-order valence-electron chi connectivity index (χ4n) is 2.20. The fourth-order valence-corrected chi connectivity index (χ4v) is 2.20. The van der Waals surface area contributed by atoms with Crippen molar-refractivity contribution < 1.29 is 9.84 Å². The van der Waals surface area contributed by atoms with E-state index in [2.05, 4.69) is 13.8 Å². The van der Waals surface area contributed by atoms with E-state index in [0.717, 1.165) is 35.5 Å². The van der Waals surface area contributed by atoms with Crippen LogP contribution in [0, 0.1) is 5.92 Å². The minimum atomic E-state index is 0.308. The van der Waals surface area contributed by atoms with Gasteiger partial charge >= 0.3 is 0 Å². The zero-order valence-electron chi connectivity index (χ0n) is 11.7. The summed E-state index contributed by atoms with van der Waals surface area (Å²) in [5.74, 6) is 1.93. The van der Waals surface area contributed by atoms with Crippen molar-refractivity contribution in [2.75, 3.05) is 6.61 Å². The molecule has 2 heteroatoms. The molecule has 0 radical (unpaired) electrons. The van der Waals surface area contributed by atoms with Gasteiger partial charge in [0, 0.05) is 10.8 Å². The van der Waals surface area contributed by atoms with Crippen LogP contribution in [0.4, 0.5) is 0 Å². The first-order valence-electron chi connectivity index (χ1n) is 7.06. The number of rotatable bonds is 6. The third kappa shape index (κ3) is 3.40. The van der Waals surface area contributed by atoms with Crippen molar-refractivity contribution in [2.45, 2.75) is 33.1 Å². The monoisotopic (exact) mass is 258 g/mol. The van der Waals surface area contributed by atoms with E-state index in [0.29, 0.717) is 5.75 Å². The number of benzene rings is 2. The van der Waals surface area contributed by atoms with Crippen LogP contribution >= 0.6 is 0 Å². The molecule has 0 aromatic heterocycles. The van der Waals surface area contributed by atoms with Gasteiger partial charge in [-0.1, -0.05) is 44.5 Å². The van der Waals surface area contributed by atoms with Crippen molar-refractivity contribution in [2.24, 2.45) is 5.92 Å². The van der Waals surface area contributed by atoms with Gasteiger partial charge < -0.3 is 9.84 Å². The minimum Gasteiger partial charge on any atom is -0.507 e. The van der Waals surface area contributed by atoms with E-state index in [-0.39, 0.29) is 0 Å². The molecule has 0 unspecified atom stereocenters. The molecule has 0 amide bonds. The zero-order chi connectivity index (χ0) is 13.7. The molecule has 2 aromatic rings. The number of hydrogen-bond acceptors (Lipinski definition) is 2. The molecule has 0 aliphatic rings. The number of aromatic hydroxyl groups is 1. The van der Waals surface area contributed by atoms with Crippen LogP contribution in [0.5, 0.6) is 11.5 Å². The normalized spacial score (nSPS) is 12.5. The van der Waals surface area contributed by atoms with Gasteiger partial charge in [-0.25, -0.2) is 0 Å². The summed E-state index contributed by atoms with van der Waals surface area (Å²) in [6.07, 6.45) is 3.50. The van der Waals surface area contributed by atoms with Gasteiger partial charge in [0.05, 0.1) is 6.61 Å². The second-order valence-corrected chi connectivity index (χ2v) is 5.13. The minimum absolute atomic E-state index is 0.308. The van der Waals surface area contributed by atoms with Crippen LogP contribution in [-0.4, -0.2) is 11.7 Å². The molecule has 0 saturated heterocycles. The number of hydrogen-bond donors (Lipinski definition) is 1. The molecule has 1 atom stereocenters. The topological polar surface area (TPSA) is 29.5 Å². The summed E-state index contributed by atoms with van der Waals surface area (Å²) in [5, 5.41) is 11.6. The van der Waals surface area contributed by atoms with E-state index in [4.69, 9.17) is 4.74 Å². The van der Waals surface area contributed by atoms with Gasteiger partial charge in [0.15, 0.2) is 0 Å². The number of phenols is 1. The summed E-state index contributed by atoms with van der Waals surface area (Å²) in [5.41, 5.74) is 0. The van der Waals surface area contributed by atoms with Crippen LogP contribution in [-0.2, 0) is 0 Å². The summed E-state index contributed by atoms with van der Waals surface area (Å²) in [4.78, 5) is 0. The first-order valence-corrected chi connectivity index (χ1v) is 7.06. The summed E-state index contributed by atoms with van der Waals surface area (Å²) in [7, 11) is 0. The van der Waals surface area contributed by atoms with Crippen molar-refractivity contribution in [3.8, 4) is 11.5 Å². The lowest BCUT2D eigenvalue weighted by molar-refractivity contribution is 0.296. The van der Waals surface area contributed by atoms with Crippen LogP contribution in [0.25, 0.3) is 10.8 Å². The van der Waals surface area contributed by atoms with Crippen LogP contribution in [0.1, 0.15) is 33.1 Å². The molecule has 2 nitrogen and oxygen atoms in total. The van der Waals surface area contributed by atoms with Gasteiger partial charge in [0.1, 0.15) is 11.5 Å². The average Bonchev–Trinajstić information content (AvgIpc) is 2.45. The highest BCUT2D eigenvalue weighted by Crippen LogP contribution is 2.32. The molecular weight excluding hydrogens is 236 g/mol. The lowest BCUT2D eigenvalue weighted by Gasteiger charge is -2.12. The smallest absolute Gasteiger partial charge is 0.127 e. The molecule has 102 valence electrons. The first kappa shape index (κ1) is 13.7. The molecule has 0 aliphatic heterocycles. The van der Waals surface area contributed by atoms with Crippen LogP contribution < -0.4 is 4.74 Å². The lowest BCUT2D eigenvalue weighted by atomic mass is 10.0. The molecule has 19 heavy (non-hydrogen) atoms. The Hall–Kier alpha value is -1.70. The van der Waals surface area contributed by atoms with Crippen molar-refractivity contribution >= 4 is 10.8 Å². The Morgan fingerprint density at radius 2 is 1.84 bits per heavy atom. The average molecular weight is 258 g/mol. The summed E-state index contributed by atoms with van der Waals surface area (Å²) in [6.45, 7) is 5.23. The molecule has 0 saturated carbocycles. The van der Waals surface area contributed by atoms with Crippen molar-refractivity contribution in [3.63, 3.8) is 0 Å². The van der Waals surface area contributed by atoms with Gasteiger partial charge in [-0.2, -0.15) is 0 Å². The van der Waals surface area contributed by atoms with E-state index in [1.54, 1.807) is 6.07 Å². The summed E-state index contributed by atoms with van der Waals surface area (Å²) in [6, 6.07) is 11.3. The highest BCUT2D eigenvalue weighted by Gasteiger charge is 2.06. The van der Waals surface area contributed by atoms with Crippen LogP contribution in [0.15, 0.2) is 36.4 Å². The maximum Gasteiger partial charge on any atom is 0.127 e. The second kappa shape index (κ2) is 6.46. The predicted molar refractivity (Wildman–Crippen MR) is 79.8 cm³/mol. The molecule has 0 heterocycles. The first-order chi connectivity index (χ1) is 9.22. The van der Waals surface area contributed by atoms with Gasteiger partial charge in [-0.05, 0) is 30.9 Å². The Balaban J connectivity index is 2.03. The van der Waals surface area contributed by atoms with Crippen molar-refractivity contribution in [3.05, 3.63) is 36.4 Å². The Labute approximate surface area is 115 Å². The van der Waals surface area contributed by atoms with E-state index < -0.39 is 0 Å². The third-order valence-corrected chi connectivity index (χ3v) is 3.66. The second-order valence-electron chi connectivity index (χ2n) is 5.13. The third-order valence-electron chi connectivity index (χ3n) is 3.66. The predicted octanol–water partition coefficient (Wildman–Crippen LogP) is 4.75. The molecule has 0 aliphatic carbocycles. The van der Waals surface area contributed by atoms with Crippen molar-refractivity contribution in [1.29, 1.82) is 0 Å². The molecular formula is C17H22O2. The van der Waals surface area contributed by atoms with Crippen molar-refractivity contribution in [1.82, 2.24) is 0 Å². The molecule has 2 rings (SSSR count). The molecule has 0 fully saturated rings. The Bertz CT molecular complexity index is 534. The van der Waals surface area contributed by atoms with Gasteiger partial charge in [-0.3, -0.25) is 0 Å². The quantitative estimate of drug-likeness (QED) is 0.758. The fraction of sp³-hybridized carbons (Fsp3) is 0.412. The Kier molecular flexibility index (Phi) is 4.67. The van der Waals surface area contributed by atoms with E-state index in [1.165, 1.54) is 12.8 Å². The Morgan fingerprint density at radius 1 is 1.11 bits per heavy atom. The summed E-state index contributed by atoms with van der Waals surface area (Å²) >= 11 is 0.